The molecule has 66 valence electrons. The highest BCUT2D eigenvalue weighted by molar-refractivity contribution is 7.09. The Kier molecular flexibility index (Phi) is 2.74. The van der Waals surface area contributed by atoms with Gasteiger partial charge in [-0.05, 0) is 0 Å². The molecule has 5 nitrogen and oxygen atoms in total. The van der Waals surface area contributed by atoms with Gasteiger partial charge in [0.2, 0.25) is 0 Å². The number of nitrogens with two attached hydrogens (primary N) is 2. The van der Waals surface area contributed by atoms with Crippen molar-refractivity contribution in [1.82, 2.24) is 4.98 Å². The van der Waals surface area contributed by atoms with Gasteiger partial charge in [-0.2, -0.15) is 0 Å². The maximum Gasteiger partial charge on any atom is 0.355 e. The summed E-state index contributed by atoms with van der Waals surface area (Å²) in [7, 11) is 0. The molecule has 1 rings (SSSR count). The molecule has 0 unspecified atom stereocenters. The summed E-state index contributed by atoms with van der Waals surface area (Å²) in [4.78, 5) is 14.2. The molecule has 0 aliphatic heterocycles. The minimum absolute atomic E-state index is 0.0268. The molecule has 0 aliphatic rings. The van der Waals surface area contributed by atoms with Crippen molar-refractivity contribution >= 4 is 17.3 Å². The van der Waals surface area contributed by atoms with Crippen molar-refractivity contribution in [3.63, 3.8) is 0 Å². The first-order valence-corrected chi connectivity index (χ1v) is 4.17. The second kappa shape index (κ2) is 3.61. The lowest BCUT2D eigenvalue weighted by atomic mass is 10.3. The number of hydrogen-bond acceptors (Lipinski definition) is 5. The van der Waals surface area contributed by atoms with E-state index in [2.05, 4.69) is 4.98 Å². The van der Waals surface area contributed by atoms with Gasteiger partial charge in [0.25, 0.3) is 0 Å². The number of carboxylic acid groups (broad SMARTS) is 1. The van der Waals surface area contributed by atoms with Crippen molar-refractivity contribution < 1.29 is 9.90 Å². The lowest BCUT2D eigenvalue weighted by Gasteiger charge is -2.01. The fourth-order valence-corrected chi connectivity index (χ4v) is 1.46. The van der Waals surface area contributed by atoms with E-state index in [-0.39, 0.29) is 18.3 Å². The molecule has 0 bridgehead atoms. The van der Waals surface area contributed by atoms with E-state index in [1.165, 1.54) is 16.7 Å². The SMILES string of the molecule is NC[C@@H](N)c1nc(C(=O)O)cs1. The zero-order valence-corrected chi connectivity index (χ0v) is 7.04. The predicted octanol–water partition coefficient (Wildman–Crippen LogP) is -0.200. The number of hydrogen-bond donors (Lipinski definition) is 3. The molecule has 0 fully saturated rings. The van der Waals surface area contributed by atoms with Gasteiger partial charge < -0.3 is 16.6 Å². The second-order valence-corrected chi connectivity index (χ2v) is 3.11. The van der Waals surface area contributed by atoms with E-state index < -0.39 is 5.97 Å². The van der Waals surface area contributed by atoms with Gasteiger partial charge in [0.05, 0.1) is 6.04 Å². The maximum atomic E-state index is 10.4. The molecule has 0 radical (unpaired) electrons. The normalized spacial score (nSPS) is 12.8. The zero-order valence-electron chi connectivity index (χ0n) is 6.23. The van der Waals surface area contributed by atoms with Crippen LogP contribution in [0.2, 0.25) is 0 Å². The Balaban J connectivity index is 2.84. The first kappa shape index (κ1) is 9.11. The zero-order chi connectivity index (χ0) is 9.14. The predicted molar refractivity (Wildman–Crippen MR) is 45.1 cm³/mol. The van der Waals surface area contributed by atoms with Crippen LogP contribution in [-0.2, 0) is 0 Å². The monoisotopic (exact) mass is 187 g/mol. The first-order valence-electron chi connectivity index (χ1n) is 3.29. The van der Waals surface area contributed by atoms with Gasteiger partial charge in [-0.15, -0.1) is 11.3 Å². The molecule has 6 heteroatoms. The Labute approximate surface area is 73.0 Å². The molecule has 12 heavy (non-hydrogen) atoms. The third-order valence-electron chi connectivity index (χ3n) is 1.31. The molecule has 1 aromatic rings. The average molecular weight is 187 g/mol. The van der Waals surface area contributed by atoms with Gasteiger partial charge in [0.15, 0.2) is 5.69 Å². The fourth-order valence-electron chi connectivity index (χ4n) is 0.657. The molecule has 0 aliphatic carbocycles. The van der Waals surface area contributed by atoms with Gasteiger partial charge in [0, 0.05) is 11.9 Å². The Hall–Kier alpha value is -0.980. The van der Waals surface area contributed by atoms with Crippen molar-refractivity contribution in [3.05, 3.63) is 16.1 Å². The van der Waals surface area contributed by atoms with Crippen LogP contribution in [0, 0.1) is 0 Å². The lowest BCUT2D eigenvalue weighted by Crippen LogP contribution is -2.20. The number of aromatic nitrogens is 1. The van der Waals surface area contributed by atoms with Crippen molar-refractivity contribution in [2.75, 3.05) is 6.54 Å². The molecule has 0 saturated carbocycles. The van der Waals surface area contributed by atoms with E-state index in [0.29, 0.717) is 5.01 Å². The topological polar surface area (TPSA) is 102 Å². The van der Waals surface area contributed by atoms with Gasteiger partial charge in [-0.1, -0.05) is 0 Å². The van der Waals surface area contributed by atoms with Gasteiger partial charge in [-0.3, -0.25) is 0 Å². The summed E-state index contributed by atoms with van der Waals surface area (Å²) < 4.78 is 0. The minimum Gasteiger partial charge on any atom is -0.476 e. The van der Waals surface area contributed by atoms with E-state index in [1.807, 2.05) is 0 Å². The largest absolute Gasteiger partial charge is 0.476 e. The molecule has 1 atom stereocenters. The minimum atomic E-state index is -1.04. The average Bonchev–Trinajstić information content (AvgIpc) is 2.51. The number of carboxylic acids is 1. The second-order valence-electron chi connectivity index (χ2n) is 2.22. The van der Waals surface area contributed by atoms with E-state index >= 15 is 0 Å². The van der Waals surface area contributed by atoms with Gasteiger partial charge in [-0.25, -0.2) is 9.78 Å². The molecule has 0 spiro atoms. The van der Waals surface area contributed by atoms with E-state index in [9.17, 15) is 4.79 Å². The van der Waals surface area contributed by atoms with E-state index in [4.69, 9.17) is 16.6 Å². The summed E-state index contributed by atoms with van der Waals surface area (Å²) in [6, 6.07) is -0.358. The summed E-state index contributed by atoms with van der Waals surface area (Å²) in [6.45, 7) is 0.270. The highest BCUT2D eigenvalue weighted by Crippen LogP contribution is 2.15. The Morgan fingerprint density at radius 2 is 2.50 bits per heavy atom. The van der Waals surface area contributed by atoms with Crippen LogP contribution in [0.15, 0.2) is 5.38 Å². The summed E-state index contributed by atoms with van der Waals surface area (Å²) in [5, 5.41) is 10.5. The highest BCUT2D eigenvalue weighted by Gasteiger charge is 2.12. The Morgan fingerprint density at radius 1 is 1.83 bits per heavy atom. The molecule has 0 amide bonds. The summed E-state index contributed by atoms with van der Waals surface area (Å²) in [5.41, 5.74) is 10.8. The van der Waals surface area contributed by atoms with Crippen molar-refractivity contribution in [2.24, 2.45) is 11.5 Å². The number of thiazole rings is 1. The summed E-state index contributed by atoms with van der Waals surface area (Å²) >= 11 is 1.21. The molecule has 0 aromatic carbocycles. The molecule has 1 heterocycles. The summed E-state index contributed by atoms with van der Waals surface area (Å²) in [5.74, 6) is -1.04. The fraction of sp³-hybridized carbons (Fsp3) is 0.333. The van der Waals surface area contributed by atoms with Crippen molar-refractivity contribution in [3.8, 4) is 0 Å². The van der Waals surface area contributed by atoms with Crippen LogP contribution in [0.1, 0.15) is 21.5 Å². The number of carbonyl (C=O) groups is 1. The smallest absolute Gasteiger partial charge is 0.355 e. The number of nitrogens with zero attached hydrogens (tertiary/aromatic N) is 1. The van der Waals surface area contributed by atoms with E-state index in [1.54, 1.807) is 0 Å². The van der Waals surface area contributed by atoms with Crippen LogP contribution in [-0.4, -0.2) is 22.6 Å². The first-order chi connectivity index (χ1) is 5.65. The molecular weight excluding hydrogens is 178 g/mol. The Morgan fingerprint density at radius 3 is 2.92 bits per heavy atom. The lowest BCUT2D eigenvalue weighted by molar-refractivity contribution is 0.0691. The van der Waals surface area contributed by atoms with Crippen molar-refractivity contribution in [1.29, 1.82) is 0 Å². The van der Waals surface area contributed by atoms with Crippen LogP contribution in [0.5, 0.6) is 0 Å². The van der Waals surface area contributed by atoms with E-state index in [0.717, 1.165) is 0 Å². The summed E-state index contributed by atoms with van der Waals surface area (Å²) in [6.07, 6.45) is 0. The Bertz CT molecular complexity index is 286. The number of aromatic carboxylic acids is 1. The maximum absolute atomic E-state index is 10.4. The molecule has 1 aromatic heterocycles. The standard InChI is InChI=1S/C6H9N3O2S/c7-1-3(8)5-9-4(2-12-5)6(10)11/h2-3H,1,7-8H2,(H,10,11)/t3-/m1/s1. The molecule has 5 N–H and O–H groups in total. The third kappa shape index (κ3) is 1.79. The highest BCUT2D eigenvalue weighted by atomic mass is 32.1. The van der Waals surface area contributed by atoms with Crippen LogP contribution in [0.25, 0.3) is 0 Å². The van der Waals surface area contributed by atoms with Crippen LogP contribution < -0.4 is 11.5 Å². The van der Waals surface area contributed by atoms with Crippen LogP contribution in [0.3, 0.4) is 0 Å². The van der Waals surface area contributed by atoms with Crippen molar-refractivity contribution in [2.45, 2.75) is 6.04 Å². The van der Waals surface area contributed by atoms with Gasteiger partial charge in [0.1, 0.15) is 5.01 Å². The quantitative estimate of drug-likeness (QED) is 0.608. The number of rotatable bonds is 3. The van der Waals surface area contributed by atoms with Crippen LogP contribution >= 0.6 is 11.3 Å². The molecule has 0 saturated heterocycles. The van der Waals surface area contributed by atoms with Gasteiger partial charge >= 0.3 is 5.97 Å². The molecular formula is C6H9N3O2S. The van der Waals surface area contributed by atoms with Crippen LogP contribution in [0.4, 0.5) is 0 Å². The third-order valence-corrected chi connectivity index (χ3v) is 2.29.